The fourth-order valence-electron chi connectivity index (χ4n) is 2.17. The van der Waals surface area contributed by atoms with Crippen molar-refractivity contribution in [2.24, 2.45) is 0 Å². The maximum atomic E-state index is 12.3. The van der Waals surface area contributed by atoms with E-state index in [0.717, 1.165) is 5.75 Å². The number of aliphatic carboxylic acids is 1. The van der Waals surface area contributed by atoms with Crippen LogP contribution < -0.4 is 10.1 Å². The molecule has 0 aliphatic rings. The maximum Gasteiger partial charge on any atom is 0.311 e. The summed E-state index contributed by atoms with van der Waals surface area (Å²) in [6.45, 7) is 3.84. The largest absolute Gasteiger partial charge is 0.489 e. The number of ether oxygens (including phenoxy) is 1. The number of carboxylic acid groups (broad SMARTS) is 1. The molecule has 122 valence electrons. The van der Waals surface area contributed by atoms with Gasteiger partial charge in [0.1, 0.15) is 24.0 Å². The van der Waals surface area contributed by atoms with Crippen molar-refractivity contribution in [3.63, 3.8) is 0 Å². The van der Waals surface area contributed by atoms with Crippen molar-refractivity contribution in [1.29, 1.82) is 0 Å². The van der Waals surface area contributed by atoms with Gasteiger partial charge in [0.15, 0.2) is 0 Å². The summed E-state index contributed by atoms with van der Waals surface area (Å²) in [7, 11) is 0. The van der Waals surface area contributed by atoms with Crippen LogP contribution in [0, 0.1) is 6.92 Å². The van der Waals surface area contributed by atoms with Gasteiger partial charge in [-0.15, -0.1) is 0 Å². The van der Waals surface area contributed by atoms with Crippen molar-refractivity contribution in [3.8, 4) is 5.75 Å². The molecule has 1 heterocycles. The predicted molar refractivity (Wildman–Crippen MR) is 83.7 cm³/mol. The van der Waals surface area contributed by atoms with Gasteiger partial charge in [0, 0.05) is 5.56 Å². The number of amides is 1. The second kappa shape index (κ2) is 7.49. The molecule has 23 heavy (non-hydrogen) atoms. The van der Waals surface area contributed by atoms with Crippen LogP contribution in [-0.2, 0) is 11.2 Å². The molecule has 1 amide bonds. The Hall–Kier alpha value is -2.76. The Morgan fingerprint density at radius 3 is 2.65 bits per heavy atom. The second-order valence-corrected chi connectivity index (χ2v) is 5.24. The highest BCUT2D eigenvalue weighted by molar-refractivity contribution is 5.97. The third kappa shape index (κ3) is 4.60. The highest BCUT2D eigenvalue weighted by Gasteiger charge is 2.20. The van der Waals surface area contributed by atoms with Gasteiger partial charge in [-0.3, -0.25) is 9.59 Å². The minimum atomic E-state index is -1.05. The van der Waals surface area contributed by atoms with Crippen LogP contribution in [0.15, 0.2) is 41.0 Å². The average Bonchev–Trinajstić information content (AvgIpc) is 2.86. The molecule has 2 aromatic rings. The number of furan rings is 1. The maximum absolute atomic E-state index is 12.3. The van der Waals surface area contributed by atoms with Gasteiger partial charge in [-0.25, -0.2) is 0 Å². The molecule has 1 unspecified atom stereocenters. The molecule has 0 fully saturated rings. The molecule has 0 radical (unpaired) electrons. The Morgan fingerprint density at radius 2 is 2.00 bits per heavy atom. The molecule has 0 saturated heterocycles. The van der Waals surface area contributed by atoms with Crippen LogP contribution in [0.2, 0.25) is 0 Å². The van der Waals surface area contributed by atoms with Crippen LogP contribution in [0.25, 0.3) is 0 Å². The van der Waals surface area contributed by atoms with Crippen molar-refractivity contribution in [2.75, 3.05) is 6.54 Å². The number of carboxylic acids is 1. The van der Waals surface area contributed by atoms with Gasteiger partial charge >= 0.3 is 5.97 Å². The van der Waals surface area contributed by atoms with E-state index in [9.17, 15) is 9.59 Å². The van der Waals surface area contributed by atoms with Crippen LogP contribution in [0.5, 0.6) is 5.75 Å². The van der Waals surface area contributed by atoms with E-state index in [1.54, 1.807) is 6.92 Å². The van der Waals surface area contributed by atoms with Gasteiger partial charge in [0.2, 0.25) is 0 Å². The zero-order valence-electron chi connectivity index (χ0n) is 13.0. The highest BCUT2D eigenvalue weighted by atomic mass is 16.5. The zero-order valence-corrected chi connectivity index (χ0v) is 13.0. The normalized spacial score (nSPS) is 11.7. The van der Waals surface area contributed by atoms with Crippen LogP contribution in [0.4, 0.5) is 0 Å². The lowest BCUT2D eigenvalue weighted by atomic mass is 10.1. The molecule has 6 heteroatoms. The fourth-order valence-corrected chi connectivity index (χ4v) is 2.17. The molecular formula is C17H19NO5. The van der Waals surface area contributed by atoms with Gasteiger partial charge in [-0.2, -0.15) is 0 Å². The third-order valence-corrected chi connectivity index (χ3v) is 3.22. The average molecular weight is 317 g/mol. The van der Waals surface area contributed by atoms with Crippen LogP contribution >= 0.6 is 0 Å². The van der Waals surface area contributed by atoms with Crippen molar-refractivity contribution >= 4 is 11.9 Å². The molecule has 1 aromatic carbocycles. The first-order valence-corrected chi connectivity index (χ1v) is 7.26. The monoisotopic (exact) mass is 317 g/mol. The molecular weight excluding hydrogens is 298 g/mol. The van der Waals surface area contributed by atoms with E-state index in [1.165, 1.54) is 6.26 Å². The van der Waals surface area contributed by atoms with E-state index < -0.39 is 5.97 Å². The first-order valence-electron chi connectivity index (χ1n) is 7.26. The van der Waals surface area contributed by atoms with Crippen molar-refractivity contribution in [3.05, 3.63) is 53.5 Å². The number of carbonyl (C=O) groups excluding carboxylic acids is 1. The number of rotatable bonds is 7. The quantitative estimate of drug-likeness (QED) is 0.818. The van der Waals surface area contributed by atoms with Gasteiger partial charge in [0.05, 0.1) is 18.4 Å². The molecule has 6 nitrogen and oxygen atoms in total. The number of benzene rings is 1. The minimum absolute atomic E-state index is 0.157. The predicted octanol–water partition coefficient (Wildman–Crippen LogP) is 2.41. The summed E-state index contributed by atoms with van der Waals surface area (Å²) in [5.41, 5.74) is 0.884. The number of carbonyl (C=O) groups is 2. The Morgan fingerprint density at radius 1 is 1.30 bits per heavy atom. The lowest BCUT2D eigenvalue weighted by Crippen LogP contribution is -2.34. The molecule has 1 aromatic heterocycles. The zero-order chi connectivity index (χ0) is 16.8. The Balaban J connectivity index is 1.94. The summed E-state index contributed by atoms with van der Waals surface area (Å²) in [6.07, 6.45) is 0.834. The number of hydrogen-bond acceptors (Lipinski definition) is 4. The van der Waals surface area contributed by atoms with Gasteiger partial charge < -0.3 is 19.6 Å². The summed E-state index contributed by atoms with van der Waals surface area (Å²) in [6, 6.07) is 9.30. The number of hydrogen-bond donors (Lipinski definition) is 2. The molecule has 0 saturated carbocycles. The minimum Gasteiger partial charge on any atom is -0.489 e. The SMILES string of the molecule is Cc1coc(CC(=O)O)c1C(=O)NCC(C)Oc1ccccc1. The van der Waals surface area contributed by atoms with Gasteiger partial charge in [0.25, 0.3) is 5.91 Å². The molecule has 2 N–H and O–H groups in total. The number of nitrogens with one attached hydrogen (secondary N) is 1. The highest BCUT2D eigenvalue weighted by Crippen LogP contribution is 2.17. The number of para-hydroxylation sites is 1. The summed E-state index contributed by atoms with van der Waals surface area (Å²) < 4.78 is 10.8. The van der Waals surface area contributed by atoms with Gasteiger partial charge in [-0.05, 0) is 26.0 Å². The topological polar surface area (TPSA) is 88.8 Å². The Labute approximate surface area is 134 Å². The third-order valence-electron chi connectivity index (χ3n) is 3.22. The first kappa shape index (κ1) is 16.6. The van der Waals surface area contributed by atoms with E-state index in [0.29, 0.717) is 12.1 Å². The van der Waals surface area contributed by atoms with Crippen LogP contribution in [0.3, 0.4) is 0 Å². The van der Waals surface area contributed by atoms with E-state index in [4.69, 9.17) is 14.3 Å². The first-order chi connectivity index (χ1) is 11.0. The molecule has 2 rings (SSSR count). The smallest absolute Gasteiger partial charge is 0.311 e. The van der Waals surface area contributed by atoms with E-state index in [2.05, 4.69) is 5.32 Å². The van der Waals surface area contributed by atoms with Gasteiger partial charge in [-0.1, -0.05) is 18.2 Å². The molecule has 1 atom stereocenters. The molecule has 0 aliphatic carbocycles. The molecule has 0 aliphatic heterocycles. The fraction of sp³-hybridized carbons (Fsp3) is 0.294. The van der Waals surface area contributed by atoms with Crippen LogP contribution in [0.1, 0.15) is 28.6 Å². The molecule has 0 bridgehead atoms. The van der Waals surface area contributed by atoms with E-state index >= 15 is 0 Å². The standard InChI is InChI=1S/C17H19NO5/c1-11-10-22-14(8-15(19)20)16(11)17(21)18-9-12(2)23-13-6-4-3-5-7-13/h3-7,10,12H,8-9H2,1-2H3,(H,18,21)(H,19,20). The molecule has 0 spiro atoms. The summed E-state index contributed by atoms with van der Waals surface area (Å²) >= 11 is 0. The van der Waals surface area contributed by atoms with E-state index in [-0.39, 0.29) is 29.8 Å². The Bertz CT molecular complexity index is 678. The second-order valence-electron chi connectivity index (χ2n) is 5.24. The van der Waals surface area contributed by atoms with Crippen molar-refractivity contribution in [2.45, 2.75) is 26.4 Å². The summed E-state index contributed by atoms with van der Waals surface area (Å²) in [5, 5.41) is 11.6. The van der Waals surface area contributed by atoms with Crippen LogP contribution in [-0.4, -0.2) is 29.6 Å². The Kier molecular flexibility index (Phi) is 5.41. The lowest BCUT2D eigenvalue weighted by Gasteiger charge is -2.15. The van der Waals surface area contributed by atoms with Crippen molar-refractivity contribution < 1.29 is 23.8 Å². The summed E-state index contributed by atoms with van der Waals surface area (Å²) in [5.74, 6) is -0.533. The summed E-state index contributed by atoms with van der Waals surface area (Å²) in [4.78, 5) is 23.1. The lowest BCUT2D eigenvalue weighted by molar-refractivity contribution is -0.136. The number of aryl methyl sites for hydroxylation is 1. The van der Waals surface area contributed by atoms with E-state index in [1.807, 2.05) is 37.3 Å². The van der Waals surface area contributed by atoms with Crippen molar-refractivity contribution in [1.82, 2.24) is 5.32 Å².